The van der Waals surface area contributed by atoms with Gasteiger partial charge in [0.15, 0.2) is 11.5 Å². The van der Waals surface area contributed by atoms with Crippen LogP contribution in [0.5, 0.6) is 17.2 Å². The lowest BCUT2D eigenvalue weighted by Crippen LogP contribution is -2.51. The molecular weight excluding hydrogens is 306 g/mol. The molecule has 1 fully saturated rings. The maximum Gasteiger partial charge on any atom is 0.164 e. The molecule has 0 bridgehead atoms. The van der Waals surface area contributed by atoms with Gasteiger partial charge < -0.3 is 19.1 Å². The van der Waals surface area contributed by atoms with Crippen molar-refractivity contribution in [3.8, 4) is 23.3 Å². The minimum atomic E-state index is -0.373. The van der Waals surface area contributed by atoms with Gasteiger partial charge in [-0.1, -0.05) is 6.92 Å². The van der Waals surface area contributed by atoms with E-state index in [9.17, 15) is 5.26 Å². The van der Waals surface area contributed by atoms with E-state index in [-0.39, 0.29) is 6.04 Å². The summed E-state index contributed by atoms with van der Waals surface area (Å²) in [6.07, 6.45) is 1.06. The number of ether oxygens (including phenoxy) is 3. The van der Waals surface area contributed by atoms with Gasteiger partial charge in [-0.3, -0.25) is 4.90 Å². The predicted octanol–water partition coefficient (Wildman–Crippen LogP) is 2.30. The zero-order valence-electron chi connectivity index (χ0n) is 15.2. The van der Waals surface area contributed by atoms with Gasteiger partial charge >= 0.3 is 0 Å². The molecule has 0 amide bonds. The molecule has 2 rings (SSSR count). The maximum absolute atomic E-state index is 9.83. The number of methoxy groups -OCH3 is 3. The molecule has 0 N–H and O–H groups in total. The van der Waals surface area contributed by atoms with Crippen LogP contribution in [0.2, 0.25) is 0 Å². The fraction of sp³-hybridized carbons (Fsp3) is 0.611. The van der Waals surface area contributed by atoms with Gasteiger partial charge in [-0.25, -0.2) is 0 Å². The van der Waals surface area contributed by atoms with Gasteiger partial charge in [0.1, 0.15) is 11.8 Å². The molecule has 1 aromatic carbocycles. The first-order valence-corrected chi connectivity index (χ1v) is 8.23. The van der Waals surface area contributed by atoms with E-state index in [1.54, 1.807) is 27.4 Å². The topological polar surface area (TPSA) is 58.0 Å². The maximum atomic E-state index is 9.83. The number of rotatable bonds is 6. The van der Waals surface area contributed by atoms with Crippen molar-refractivity contribution >= 4 is 0 Å². The van der Waals surface area contributed by atoms with Crippen molar-refractivity contribution in [1.82, 2.24) is 9.80 Å². The standard InChI is InChI=1S/C18H27N3O3/c1-6-13-12-21(8-7-20(13)2)15(11-19)14-9-17(23-4)18(24-5)10-16(14)22-3/h9-10,13,15H,6-8,12H2,1-5H3. The summed E-state index contributed by atoms with van der Waals surface area (Å²) in [6, 6.07) is 6.16. The molecule has 1 saturated heterocycles. The third-order valence-corrected chi connectivity index (χ3v) is 4.80. The Kier molecular flexibility index (Phi) is 6.29. The van der Waals surface area contributed by atoms with Crippen LogP contribution in [0.25, 0.3) is 0 Å². The Labute approximate surface area is 144 Å². The SMILES string of the molecule is CCC1CN(C(C#N)c2cc(OC)c(OC)cc2OC)CCN1C. The van der Waals surface area contributed by atoms with E-state index in [2.05, 4.69) is 29.8 Å². The number of benzene rings is 1. The summed E-state index contributed by atoms with van der Waals surface area (Å²) in [6.45, 7) is 4.85. The predicted molar refractivity (Wildman–Crippen MR) is 92.7 cm³/mol. The van der Waals surface area contributed by atoms with Gasteiger partial charge in [0.25, 0.3) is 0 Å². The quantitative estimate of drug-likeness (QED) is 0.796. The van der Waals surface area contributed by atoms with Crippen LogP contribution in [0.3, 0.4) is 0 Å². The van der Waals surface area contributed by atoms with E-state index in [4.69, 9.17) is 14.2 Å². The third kappa shape index (κ3) is 3.58. The number of nitriles is 1. The lowest BCUT2D eigenvalue weighted by Gasteiger charge is -2.41. The Morgan fingerprint density at radius 2 is 1.75 bits per heavy atom. The molecule has 24 heavy (non-hydrogen) atoms. The lowest BCUT2D eigenvalue weighted by molar-refractivity contribution is 0.0766. The molecule has 0 radical (unpaired) electrons. The molecule has 132 valence electrons. The molecule has 1 aromatic rings. The summed E-state index contributed by atoms with van der Waals surface area (Å²) in [5.41, 5.74) is 0.817. The Morgan fingerprint density at radius 1 is 1.12 bits per heavy atom. The molecule has 1 aliphatic rings. The molecule has 0 spiro atoms. The molecule has 0 saturated carbocycles. The number of piperazine rings is 1. The van der Waals surface area contributed by atoms with Crippen LogP contribution in [-0.2, 0) is 0 Å². The van der Waals surface area contributed by atoms with Crippen molar-refractivity contribution < 1.29 is 14.2 Å². The average molecular weight is 333 g/mol. The Morgan fingerprint density at radius 3 is 2.29 bits per heavy atom. The highest BCUT2D eigenvalue weighted by molar-refractivity contribution is 5.53. The second-order valence-corrected chi connectivity index (χ2v) is 6.02. The highest BCUT2D eigenvalue weighted by Gasteiger charge is 2.31. The number of hydrogen-bond donors (Lipinski definition) is 0. The Balaban J connectivity index is 2.38. The second-order valence-electron chi connectivity index (χ2n) is 6.02. The number of likely N-dealkylation sites (N-methyl/N-ethyl adjacent to an activating group) is 1. The molecule has 6 nitrogen and oxygen atoms in total. The first-order chi connectivity index (χ1) is 11.6. The summed E-state index contributed by atoms with van der Waals surface area (Å²) in [4.78, 5) is 4.58. The molecule has 0 aromatic heterocycles. The minimum absolute atomic E-state index is 0.373. The van der Waals surface area contributed by atoms with Crippen LogP contribution in [0.1, 0.15) is 24.9 Å². The summed E-state index contributed by atoms with van der Waals surface area (Å²) in [5, 5.41) is 9.83. The Bertz CT molecular complexity index is 600. The van der Waals surface area contributed by atoms with Crippen LogP contribution in [-0.4, -0.2) is 63.9 Å². The zero-order valence-corrected chi connectivity index (χ0v) is 15.2. The average Bonchev–Trinajstić information content (AvgIpc) is 2.62. The van der Waals surface area contributed by atoms with Gasteiger partial charge in [0, 0.05) is 37.3 Å². The second kappa shape index (κ2) is 8.22. The van der Waals surface area contributed by atoms with E-state index < -0.39 is 0 Å². The van der Waals surface area contributed by atoms with Gasteiger partial charge in [-0.15, -0.1) is 0 Å². The van der Waals surface area contributed by atoms with Crippen molar-refractivity contribution in [1.29, 1.82) is 5.26 Å². The largest absolute Gasteiger partial charge is 0.496 e. The smallest absolute Gasteiger partial charge is 0.164 e. The first kappa shape index (κ1) is 18.4. The van der Waals surface area contributed by atoms with Crippen molar-refractivity contribution in [2.24, 2.45) is 0 Å². The normalized spacial score (nSPS) is 20.2. The molecule has 0 aliphatic carbocycles. The molecule has 2 unspecified atom stereocenters. The van der Waals surface area contributed by atoms with Crippen LogP contribution < -0.4 is 14.2 Å². The molecule has 6 heteroatoms. The first-order valence-electron chi connectivity index (χ1n) is 8.23. The van der Waals surface area contributed by atoms with E-state index in [0.29, 0.717) is 23.3 Å². The fourth-order valence-electron chi connectivity index (χ4n) is 3.26. The number of nitrogens with zero attached hydrogens (tertiary/aromatic N) is 3. The molecular formula is C18H27N3O3. The highest BCUT2D eigenvalue weighted by Crippen LogP contribution is 2.39. The van der Waals surface area contributed by atoms with Crippen molar-refractivity contribution in [3.05, 3.63) is 17.7 Å². The van der Waals surface area contributed by atoms with Crippen molar-refractivity contribution in [3.63, 3.8) is 0 Å². The minimum Gasteiger partial charge on any atom is -0.496 e. The van der Waals surface area contributed by atoms with Crippen LogP contribution in [0.15, 0.2) is 12.1 Å². The van der Waals surface area contributed by atoms with E-state index in [1.807, 2.05) is 6.07 Å². The summed E-state index contributed by atoms with van der Waals surface area (Å²) >= 11 is 0. The molecule has 2 atom stereocenters. The van der Waals surface area contributed by atoms with Gasteiger partial charge in [0.2, 0.25) is 0 Å². The summed E-state index contributed by atoms with van der Waals surface area (Å²) < 4.78 is 16.2. The lowest BCUT2D eigenvalue weighted by atomic mass is 10.0. The van der Waals surface area contributed by atoms with E-state index >= 15 is 0 Å². The fourth-order valence-corrected chi connectivity index (χ4v) is 3.26. The van der Waals surface area contributed by atoms with Crippen LogP contribution in [0, 0.1) is 11.3 Å². The third-order valence-electron chi connectivity index (χ3n) is 4.80. The van der Waals surface area contributed by atoms with Crippen molar-refractivity contribution in [2.45, 2.75) is 25.4 Å². The molecule has 1 aliphatic heterocycles. The highest BCUT2D eigenvalue weighted by atomic mass is 16.5. The van der Waals surface area contributed by atoms with Gasteiger partial charge in [-0.2, -0.15) is 5.26 Å². The molecule has 1 heterocycles. The van der Waals surface area contributed by atoms with Gasteiger partial charge in [0.05, 0.1) is 27.4 Å². The van der Waals surface area contributed by atoms with Crippen LogP contribution in [0.4, 0.5) is 0 Å². The zero-order chi connectivity index (χ0) is 17.7. The van der Waals surface area contributed by atoms with Crippen molar-refractivity contribution in [2.75, 3.05) is 48.0 Å². The summed E-state index contributed by atoms with van der Waals surface area (Å²) in [5.74, 6) is 1.85. The van der Waals surface area contributed by atoms with E-state index in [1.165, 1.54) is 0 Å². The Hall–Kier alpha value is -1.97. The monoisotopic (exact) mass is 333 g/mol. The number of hydrogen-bond acceptors (Lipinski definition) is 6. The van der Waals surface area contributed by atoms with Crippen LogP contribution >= 0.6 is 0 Å². The van der Waals surface area contributed by atoms with Gasteiger partial charge in [-0.05, 0) is 19.5 Å². The van der Waals surface area contributed by atoms with E-state index in [0.717, 1.165) is 31.6 Å². The summed E-state index contributed by atoms with van der Waals surface area (Å²) in [7, 11) is 6.94.